The standard InChI is InChI=1S/C19H23NO2/c1-20-13-12-18(14-20)22-15-19(21,16-8-4-2-5-9-16)17-10-6-3-7-11-17/h2-11,18,21H,12-15H2,1H3. The number of hydrogen-bond acceptors (Lipinski definition) is 3. The molecular weight excluding hydrogens is 274 g/mol. The zero-order chi connectivity index (χ0) is 15.4. The molecule has 1 aliphatic rings. The topological polar surface area (TPSA) is 32.7 Å². The number of ether oxygens (including phenoxy) is 1. The van der Waals surface area contributed by atoms with Crippen molar-refractivity contribution >= 4 is 0 Å². The first-order chi connectivity index (χ1) is 10.7. The first-order valence-electron chi connectivity index (χ1n) is 7.82. The lowest BCUT2D eigenvalue weighted by molar-refractivity contribution is -0.0503. The molecule has 0 spiro atoms. The summed E-state index contributed by atoms with van der Waals surface area (Å²) < 4.78 is 6.06. The van der Waals surface area contributed by atoms with Gasteiger partial charge in [-0.3, -0.25) is 0 Å². The molecule has 1 saturated heterocycles. The molecule has 0 amide bonds. The molecule has 1 fully saturated rings. The van der Waals surface area contributed by atoms with Crippen LogP contribution < -0.4 is 0 Å². The number of hydrogen-bond donors (Lipinski definition) is 1. The lowest BCUT2D eigenvalue weighted by Crippen LogP contribution is -2.35. The summed E-state index contributed by atoms with van der Waals surface area (Å²) in [5.41, 5.74) is 0.629. The zero-order valence-corrected chi connectivity index (χ0v) is 13.0. The van der Waals surface area contributed by atoms with E-state index in [2.05, 4.69) is 11.9 Å². The number of likely N-dealkylation sites (N-methyl/N-ethyl adjacent to an activating group) is 1. The molecule has 0 aliphatic carbocycles. The summed E-state index contributed by atoms with van der Waals surface area (Å²) in [6, 6.07) is 19.5. The molecule has 116 valence electrons. The molecule has 1 atom stereocenters. The maximum atomic E-state index is 11.3. The summed E-state index contributed by atoms with van der Waals surface area (Å²) in [4.78, 5) is 2.26. The van der Waals surface area contributed by atoms with Crippen LogP contribution in [-0.2, 0) is 10.3 Å². The van der Waals surface area contributed by atoms with Crippen LogP contribution in [0.3, 0.4) is 0 Å². The minimum absolute atomic E-state index is 0.198. The first-order valence-corrected chi connectivity index (χ1v) is 7.82. The maximum absolute atomic E-state index is 11.3. The maximum Gasteiger partial charge on any atom is 0.138 e. The summed E-state index contributed by atoms with van der Waals surface area (Å²) in [5, 5.41) is 11.3. The Morgan fingerprint density at radius 2 is 1.59 bits per heavy atom. The van der Waals surface area contributed by atoms with Crippen molar-refractivity contribution < 1.29 is 9.84 Å². The molecule has 0 aromatic heterocycles. The Morgan fingerprint density at radius 3 is 2.05 bits per heavy atom. The van der Waals surface area contributed by atoms with Crippen LogP contribution in [-0.4, -0.2) is 42.9 Å². The normalized spacial score (nSPS) is 19.5. The Morgan fingerprint density at radius 1 is 1.05 bits per heavy atom. The molecule has 0 saturated carbocycles. The summed E-state index contributed by atoms with van der Waals surface area (Å²) in [6.07, 6.45) is 1.22. The van der Waals surface area contributed by atoms with Gasteiger partial charge in [-0.1, -0.05) is 60.7 Å². The zero-order valence-electron chi connectivity index (χ0n) is 13.0. The average Bonchev–Trinajstić information content (AvgIpc) is 3.00. The number of aliphatic hydroxyl groups is 1. The highest BCUT2D eigenvalue weighted by Gasteiger charge is 2.33. The van der Waals surface area contributed by atoms with Gasteiger partial charge in [-0.2, -0.15) is 0 Å². The van der Waals surface area contributed by atoms with E-state index >= 15 is 0 Å². The van der Waals surface area contributed by atoms with Crippen molar-refractivity contribution in [3.8, 4) is 0 Å². The average molecular weight is 297 g/mol. The van der Waals surface area contributed by atoms with E-state index < -0.39 is 5.60 Å². The van der Waals surface area contributed by atoms with E-state index in [1.165, 1.54) is 0 Å². The number of benzene rings is 2. The third kappa shape index (κ3) is 3.22. The lowest BCUT2D eigenvalue weighted by atomic mass is 9.87. The largest absolute Gasteiger partial charge is 0.378 e. The predicted molar refractivity (Wildman–Crippen MR) is 87.7 cm³/mol. The molecule has 3 rings (SSSR count). The van der Waals surface area contributed by atoms with Gasteiger partial charge in [0.25, 0.3) is 0 Å². The van der Waals surface area contributed by atoms with E-state index in [1.807, 2.05) is 60.7 Å². The molecule has 0 radical (unpaired) electrons. The van der Waals surface area contributed by atoms with E-state index in [9.17, 15) is 5.11 Å². The van der Waals surface area contributed by atoms with Gasteiger partial charge in [0, 0.05) is 13.1 Å². The monoisotopic (exact) mass is 297 g/mol. The predicted octanol–water partition coefficient (Wildman–Crippen LogP) is 2.64. The van der Waals surface area contributed by atoms with Crippen LogP contribution >= 0.6 is 0 Å². The van der Waals surface area contributed by atoms with Gasteiger partial charge in [-0.15, -0.1) is 0 Å². The van der Waals surface area contributed by atoms with Crippen molar-refractivity contribution in [3.63, 3.8) is 0 Å². The van der Waals surface area contributed by atoms with E-state index in [-0.39, 0.29) is 12.7 Å². The Labute approximate surface area is 132 Å². The highest BCUT2D eigenvalue weighted by Crippen LogP contribution is 2.30. The molecule has 1 N–H and O–H groups in total. The van der Waals surface area contributed by atoms with Gasteiger partial charge in [0.1, 0.15) is 5.60 Å². The lowest BCUT2D eigenvalue weighted by Gasteiger charge is -2.30. The molecule has 1 unspecified atom stereocenters. The van der Waals surface area contributed by atoms with Gasteiger partial charge in [0.2, 0.25) is 0 Å². The number of rotatable bonds is 5. The number of likely N-dealkylation sites (tertiary alicyclic amines) is 1. The van der Waals surface area contributed by atoms with E-state index in [0.29, 0.717) is 0 Å². The minimum atomic E-state index is -1.11. The fourth-order valence-electron chi connectivity index (χ4n) is 3.03. The van der Waals surface area contributed by atoms with Crippen LogP contribution in [0.1, 0.15) is 17.5 Å². The molecule has 1 heterocycles. The van der Waals surface area contributed by atoms with Gasteiger partial charge in [0.05, 0.1) is 12.7 Å². The van der Waals surface area contributed by atoms with Crippen molar-refractivity contribution in [3.05, 3.63) is 71.8 Å². The van der Waals surface area contributed by atoms with Crippen molar-refractivity contribution in [2.45, 2.75) is 18.1 Å². The Bertz CT molecular complexity index is 545. The van der Waals surface area contributed by atoms with Gasteiger partial charge in [0.15, 0.2) is 0 Å². The quantitative estimate of drug-likeness (QED) is 0.921. The van der Waals surface area contributed by atoms with Crippen LogP contribution in [0.4, 0.5) is 0 Å². The molecule has 2 aromatic rings. The van der Waals surface area contributed by atoms with Crippen molar-refractivity contribution in [2.75, 3.05) is 26.7 Å². The fourth-order valence-corrected chi connectivity index (χ4v) is 3.03. The molecule has 3 heteroatoms. The van der Waals surface area contributed by atoms with E-state index in [1.54, 1.807) is 0 Å². The van der Waals surface area contributed by atoms with Gasteiger partial charge in [-0.05, 0) is 24.6 Å². The van der Waals surface area contributed by atoms with Crippen molar-refractivity contribution in [1.29, 1.82) is 0 Å². The summed E-state index contributed by atoms with van der Waals surface area (Å²) in [7, 11) is 2.10. The highest BCUT2D eigenvalue weighted by atomic mass is 16.5. The molecule has 2 aromatic carbocycles. The second kappa shape index (κ2) is 6.61. The van der Waals surface area contributed by atoms with Crippen LogP contribution in [0.15, 0.2) is 60.7 Å². The number of nitrogens with zero attached hydrogens (tertiary/aromatic N) is 1. The van der Waals surface area contributed by atoms with Crippen LogP contribution in [0.5, 0.6) is 0 Å². The third-order valence-electron chi connectivity index (χ3n) is 4.38. The van der Waals surface area contributed by atoms with Gasteiger partial charge < -0.3 is 14.7 Å². The van der Waals surface area contributed by atoms with Crippen molar-refractivity contribution in [2.24, 2.45) is 0 Å². The SMILES string of the molecule is CN1CCC(OCC(O)(c2ccccc2)c2ccccc2)C1. The Kier molecular flexibility index (Phi) is 4.57. The first kappa shape index (κ1) is 15.2. The van der Waals surface area contributed by atoms with Gasteiger partial charge in [-0.25, -0.2) is 0 Å². The molecule has 22 heavy (non-hydrogen) atoms. The molecule has 0 bridgehead atoms. The Balaban J connectivity index is 1.84. The molecule has 1 aliphatic heterocycles. The second-order valence-electron chi connectivity index (χ2n) is 6.08. The summed E-state index contributed by atoms with van der Waals surface area (Å²) >= 11 is 0. The van der Waals surface area contributed by atoms with Crippen LogP contribution in [0, 0.1) is 0 Å². The molecular formula is C19H23NO2. The fraction of sp³-hybridized carbons (Fsp3) is 0.368. The van der Waals surface area contributed by atoms with E-state index in [4.69, 9.17) is 4.74 Å². The molecule has 3 nitrogen and oxygen atoms in total. The summed E-state index contributed by atoms with van der Waals surface area (Å²) in [5.74, 6) is 0. The van der Waals surface area contributed by atoms with Gasteiger partial charge >= 0.3 is 0 Å². The van der Waals surface area contributed by atoms with Crippen LogP contribution in [0.2, 0.25) is 0 Å². The summed E-state index contributed by atoms with van der Waals surface area (Å²) in [6.45, 7) is 2.26. The second-order valence-corrected chi connectivity index (χ2v) is 6.08. The smallest absolute Gasteiger partial charge is 0.138 e. The third-order valence-corrected chi connectivity index (χ3v) is 4.38. The van der Waals surface area contributed by atoms with Crippen molar-refractivity contribution in [1.82, 2.24) is 4.90 Å². The van der Waals surface area contributed by atoms with Crippen LogP contribution in [0.25, 0.3) is 0 Å². The van der Waals surface area contributed by atoms with E-state index in [0.717, 1.165) is 30.6 Å². The Hall–Kier alpha value is -1.68. The minimum Gasteiger partial charge on any atom is -0.378 e. The highest BCUT2D eigenvalue weighted by molar-refractivity contribution is 5.36.